The molecule has 0 atom stereocenters. The first-order valence-electron chi connectivity index (χ1n) is 6.60. The molecule has 0 amide bonds. The van der Waals surface area contributed by atoms with Crippen LogP contribution < -0.4 is 9.47 Å². The van der Waals surface area contributed by atoms with E-state index in [9.17, 15) is 0 Å². The summed E-state index contributed by atoms with van der Waals surface area (Å²) in [6.07, 6.45) is 0. The molecule has 0 aliphatic carbocycles. The molecule has 0 N–H and O–H groups in total. The van der Waals surface area contributed by atoms with Crippen LogP contribution in [-0.2, 0) is 6.61 Å². The Balaban J connectivity index is 1.74. The molecule has 0 fully saturated rings. The fourth-order valence-corrected chi connectivity index (χ4v) is 2.47. The van der Waals surface area contributed by atoms with Crippen molar-refractivity contribution < 1.29 is 14.0 Å². The zero-order chi connectivity index (χ0) is 15.4. The average Bonchev–Trinajstić information content (AvgIpc) is 3.02. The predicted molar refractivity (Wildman–Crippen MR) is 89.8 cm³/mol. The SMILES string of the molecule is COc1ccccc1-c1noc(COc2cccc(I)c2)n1. The zero-order valence-corrected chi connectivity index (χ0v) is 14.0. The van der Waals surface area contributed by atoms with E-state index in [-0.39, 0.29) is 6.61 Å². The molecule has 3 rings (SSSR count). The molecule has 0 aliphatic heterocycles. The summed E-state index contributed by atoms with van der Waals surface area (Å²) in [4.78, 5) is 4.34. The van der Waals surface area contributed by atoms with Gasteiger partial charge in [-0.15, -0.1) is 0 Å². The van der Waals surface area contributed by atoms with Gasteiger partial charge < -0.3 is 14.0 Å². The van der Waals surface area contributed by atoms with Crippen molar-refractivity contribution in [2.75, 3.05) is 7.11 Å². The average molecular weight is 408 g/mol. The van der Waals surface area contributed by atoms with Crippen LogP contribution in [0.1, 0.15) is 5.89 Å². The normalized spacial score (nSPS) is 10.5. The van der Waals surface area contributed by atoms with Crippen molar-refractivity contribution in [2.45, 2.75) is 6.61 Å². The second-order valence-corrected chi connectivity index (χ2v) is 5.70. The highest BCUT2D eigenvalue weighted by Gasteiger charge is 2.13. The number of nitrogens with zero attached hydrogens (tertiary/aromatic N) is 2. The second-order valence-electron chi connectivity index (χ2n) is 4.46. The van der Waals surface area contributed by atoms with Gasteiger partial charge in [0.15, 0.2) is 6.61 Å². The maximum atomic E-state index is 5.65. The highest BCUT2D eigenvalue weighted by atomic mass is 127. The molecule has 5 nitrogen and oxygen atoms in total. The summed E-state index contributed by atoms with van der Waals surface area (Å²) >= 11 is 2.23. The van der Waals surface area contributed by atoms with Crippen LogP contribution in [0.5, 0.6) is 11.5 Å². The van der Waals surface area contributed by atoms with Crippen LogP contribution in [0.15, 0.2) is 53.1 Å². The number of hydrogen-bond acceptors (Lipinski definition) is 5. The minimum absolute atomic E-state index is 0.224. The third kappa shape index (κ3) is 3.38. The molecule has 0 radical (unpaired) electrons. The molecule has 6 heteroatoms. The van der Waals surface area contributed by atoms with Gasteiger partial charge in [0.05, 0.1) is 12.7 Å². The van der Waals surface area contributed by atoms with Crippen LogP contribution in [0, 0.1) is 3.57 Å². The molecule has 0 saturated heterocycles. The summed E-state index contributed by atoms with van der Waals surface area (Å²) in [6, 6.07) is 15.3. The van der Waals surface area contributed by atoms with Crippen molar-refractivity contribution in [3.05, 3.63) is 58.0 Å². The Morgan fingerprint density at radius 1 is 1.14 bits per heavy atom. The van der Waals surface area contributed by atoms with Gasteiger partial charge in [0.2, 0.25) is 5.82 Å². The molecule has 1 heterocycles. The van der Waals surface area contributed by atoms with Crippen molar-refractivity contribution in [2.24, 2.45) is 0 Å². The van der Waals surface area contributed by atoms with Gasteiger partial charge >= 0.3 is 0 Å². The molecule has 112 valence electrons. The van der Waals surface area contributed by atoms with Gasteiger partial charge in [0, 0.05) is 3.57 Å². The van der Waals surface area contributed by atoms with Gasteiger partial charge in [-0.1, -0.05) is 23.4 Å². The number of ether oxygens (including phenoxy) is 2. The summed E-state index contributed by atoms with van der Waals surface area (Å²) in [6.45, 7) is 0.224. The molecule has 0 aliphatic rings. The Morgan fingerprint density at radius 2 is 2.00 bits per heavy atom. The van der Waals surface area contributed by atoms with Gasteiger partial charge in [-0.3, -0.25) is 0 Å². The van der Waals surface area contributed by atoms with E-state index in [1.54, 1.807) is 7.11 Å². The van der Waals surface area contributed by atoms with Crippen molar-refractivity contribution in [1.29, 1.82) is 0 Å². The predicted octanol–water partition coefficient (Wildman–Crippen LogP) is 3.93. The smallest absolute Gasteiger partial charge is 0.264 e. The number of halogens is 1. The first-order valence-corrected chi connectivity index (χ1v) is 7.68. The summed E-state index contributed by atoms with van der Waals surface area (Å²) < 4.78 is 17.3. The minimum atomic E-state index is 0.224. The first-order chi connectivity index (χ1) is 10.8. The van der Waals surface area contributed by atoms with Crippen LogP contribution >= 0.6 is 22.6 Å². The Morgan fingerprint density at radius 3 is 2.82 bits per heavy atom. The third-order valence-electron chi connectivity index (χ3n) is 2.97. The lowest BCUT2D eigenvalue weighted by Gasteiger charge is -2.03. The maximum absolute atomic E-state index is 5.65. The molecule has 0 spiro atoms. The number of hydrogen-bond donors (Lipinski definition) is 0. The molecular weight excluding hydrogens is 395 g/mol. The third-order valence-corrected chi connectivity index (χ3v) is 3.65. The molecule has 3 aromatic rings. The van der Waals surface area contributed by atoms with E-state index in [1.165, 1.54) is 0 Å². The van der Waals surface area contributed by atoms with Crippen molar-refractivity contribution in [3.63, 3.8) is 0 Å². The highest BCUT2D eigenvalue weighted by molar-refractivity contribution is 14.1. The summed E-state index contributed by atoms with van der Waals surface area (Å²) in [5, 5.41) is 3.98. The molecule has 2 aromatic carbocycles. The lowest BCUT2D eigenvalue weighted by atomic mass is 10.2. The summed E-state index contributed by atoms with van der Waals surface area (Å²) in [7, 11) is 1.61. The highest BCUT2D eigenvalue weighted by Crippen LogP contribution is 2.27. The lowest BCUT2D eigenvalue weighted by molar-refractivity contribution is 0.243. The zero-order valence-electron chi connectivity index (χ0n) is 11.8. The quantitative estimate of drug-likeness (QED) is 0.599. The number of rotatable bonds is 5. The maximum Gasteiger partial charge on any atom is 0.264 e. The van der Waals surface area contributed by atoms with E-state index in [1.807, 2.05) is 48.5 Å². The Hall–Kier alpha value is -2.09. The molecule has 0 saturated carbocycles. The number of aromatic nitrogens is 2. The van der Waals surface area contributed by atoms with Crippen LogP contribution in [0.3, 0.4) is 0 Å². The van der Waals surface area contributed by atoms with E-state index < -0.39 is 0 Å². The van der Waals surface area contributed by atoms with Gasteiger partial charge in [-0.2, -0.15) is 4.98 Å². The molecule has 1 aromatic heterocycles. The fourth-order valence-electron chi connectivity index (χ4n) is 1.95. The van der Waals surface area contributed by atoms with E-state index in [0.29, 0.717) is 17.5 Å². The van der Waals surface area contributed by atoms with Gasteiger partial charge in [0.1, 0.15) is 11.5 Å². The van der Waals surface area contributed by atoms with Crippen molar-refractivity contribution >= 4 is 22.6 Å². The number of benzene rings is 2. The fraction of sp³-hybridized carbons (Fsp3) is 0.125. The molecule has 0 unspecified atom stereocenters. The Bertz CT molecular complexity index is 773. The topological polar surface area (TPSA) is 57.4 Å². The van der Waals surface area contributed by atoms with Gasteiger partial charge in [-0.25, -0.2) is 0 Å². The Kier molecular flexibility index (Phi) is 4.57. The van der Waals surface area contributed by atoms with Crippen LogP contribution in [-0.4, -0.2) is 17.3 Å². The molecule has 22 heavy (non-hydrogen) atoms. The largest absolute Gasteiger partial charge is 0.496 e. The Labute approximate surface area is 141 Å². The second kappa shape index (κ2) is 6.78. The van der Waals surface area contributed by atoms with Crippen LogP contribution in [0.4, 0.5) is 0 Å². The van der Waals surface area contributed by atoms with Crippen molar-refractivity contribution in [1.82, 2.24) is 10.1 Å². The summed E-state index contributed by atoms with van der Waals surface area (Å²) in [5.74, 6) is 2.37. The van der Waals surface area contributed by atoms with Crippen molar-refractivity contribution in [3.8, 4) is 22.9 Å². The monoisotopic (exact) mass is 408 g/mol. The first kappa shape index (κ1) is 14.8. The summed E-state index contributed by atoms with van der Waals surface area (Å²) in [5.41, 5.74) is 0.786. The van der Waals surface area contributed by atoms with Crippen LogP contribution in [0.2, 0.25) is 0 Å². The minimum Gasteiger partial charge on any atom is -0.496 e. The number of para-hydroxylation sites is 1. The van der Waals surface area contributed by atoms with E-state index in [4.69, 9.17) is 14.0 Å². The van der Waals surface area contributed by atoms with Gasteiger partial charge in [-0.05, 0) is 52.9 Å². The lowest BCUT2D eigenvalue weighted by Crippen LogP contribution is -1.96. The van der Waals surface area contributed by atoms with E-state index in [0.717, 1.165) is 14.9 Å². The van der Waals surface area contributed by atoms with E-state index in [2.05, 4.69) is 32.7 Å². The number of methoxy groups -OCH3 is 1. The standard InChI is InChI=1S/C16H13IN2O3/c1-20-14-8-3-2-7-13(14)16-18-15(22-19-16)10-21-12-6-4-5-11(17)9-12/h2-9H,10H2,1H3. The van der Waals surface area contributed by atoms with Crippen LogP contribution in [0.25, 0.3) is 11.4 Å². The molecular formula is C16H13IN2O3. The van der Waals surface area contributed by atoms with E-state index >= 15 is 0 Å². The van der Waals surface area contributed by atoms with Gasteiger partial charge in [0.25, 0.3) is 5.89 Å². The molecule has 0 bridgehead atoms.